The summed E-state index contributed by atoms with van der Waals surface area (Å²) in [5.41, 5.74) is 5.89. The molecule has 11 heteroatoms. The number of halogens is 3. The molecule has 0 spiro atoms. The Morgan fingerprint density at radius 2 is 1.91 bits per heavy atom. The van der Waals surface area contributed by atoms with Crippen molar-refractivity contribution in [1.82, 2.24) is 34.5 Å². The maximum atomic E-state index is 13.2. The Hall–Kier alpha value is -4.41. The van der Waals surface area contributed by atoms with Crippen LogP contribution >= 0.6 is 0 Å². The summed E-state index contributed by atoms with van der Waals surface area (Å²) < 4.78 is 43.6. The molecule has 1 aromatic carbocycles. The van der Waals surface area contributed by atoms with Crippen LogP contribution in [0.1, 0.15) is 69.5 Å². The van der Waals surface area contributed by atoms with Gasteiger partial charge in [-0.2, -0.15) is 23.4 Å². The zero-order chi connectivity index (χ0) is 30.5. The van der Waals surface area contributed by atoms with E-state index in [1.54, 1.807) is 10.9 Å². The van der Waals surface area contributed by atoms with Crippen LogP contribution < -0.4 is 15.8 Å². The molecule has 8 nitrogen and oxygen atoms in total. The number of hydrogen-bond donors (Lipinski definition) is 2. The van der Waals surface area contributed by atoms with Crippen molar-refractivity contribution in [2.75, 3.05) is 5.32 Å². The van der Waals surface area contributed by atoms with Gasteiger partial charge in [0, 0.05) is 65.9 Å². The first-order valence-corrected chi connectivity index (χ1v) is 14.7. The van der Waals surface area contributed by atoms with Crippen LogP contribution in [0.15, 0.2) is 36.5 Å². The van der Waals surface area contributed by atoms with Gasteiger partial charge in [-0.05, 0) is 43.9 Å². The van der Waals surface area contributed by atoms with Gasteiger partial charge in [0.1, 0.15) is 11.5 Å². The lowest BCUT2D eigenvalue weighted by Crippen LogP contribution is -2.30. The number of rotatable bonds is 8. The number of nitrogens with zero attached hydrogens (tertiary/aromatic N) is 6. The fourth-order valence-electron chi connectivity index (χ4n) is 5.68. The van der Waals surface area contributed by atoms with E-state index in [2.05, 4.69) is 59.1 Å². The molecule has 4 aromatic heterocycles. The second-order valence-electron chi connectivity index (χ2n) is 11.3. The first-order chi connectivity index (χ1) is 20.6. The number of anilines is 1. The number of fused-ring (bicyclic) bond motifs is 1. The van der Waals surface area contributed by atoms with Gasteiger partial charge in [-0.25, -0.2) is 9.97 Å². The van der Waals surface area contributed by atoms with Crippen LogP contribution in [0, 0.1) is 0 Å². The van der Waals surface area contributed by atoms with Crippen LogP contribution in [0.3, 0.4) is 0 Å². The molecule has 5 aromatic rings. The Kier molecular flexibility index (Phi) is 7.35. The SMILES string of the molecule is CCCc1nc2nn(C)cc2cc1-c1nc(-c2cccc(=C(/C)CC)/c2=C\Nc2cc(C(F)(F)F)[nH]n2)c(C2CC2)n1C. The average Bonchev–Trinajstić information content (AvgIpc) is 3.39. The molecule has 0 amide bonds. The zero-order valence-corrected chi connectivity index (χ0v) is 25.0. The van der Waals surface area contributed by atoms with Crippen LogP contribution in [0.2, 0.25) is 0 Å². The fourth-order valence-corrected chi connectivity index (χ4v) is 5.68. The highest BCUT2D eigenvalue weighted by molar-refractivity contribution is 5.82. The lowest BCUT2D eigenvalue weighted by Gasteiger charge is -2.10. The number of alkyl halides is 3. The third kappa shape index (κ3) is 5.44. The van der Waals surface area contributed by atoms with E-state index in [1.165, 1.54) is 0 Å². The number of H-pyrrole nitrogens is 1. The van der Waals surface area contributed by atoms with Crippen LogP contribution in [0.25, 0.3) is 45.5 Å². The van der Waals surface area contributed by atoms with E-state index in [0.29, 0.717) is 5.92 Å². The van der Waals surface area contributed by atoms with Gasteiger partial charge in [0.25, 0.3) is 0 Å². The van der Waals surface area contributed by atoms with Gasteiger partial charge in [0.05, 0.1) is 11.4 Å². The van der Waals surface area contributed by atoms with Crippen molar-refractivity contribution in [2.24, 2.45) is 14.1 Å². The molecule has 2 N–H and O–H groups in total. The summed E-state index contributed by atoms with van der Waals surface area (Å²) in [5.74, 6) is 1.32. The molecular weight excluding hydrogens is 553 g/mol. The number of hydrogen-bond acceptors (Lipinski definition) is 5. The van der Waals surface area contributed by atoms with Crippen LogP contribution in [-0.2, 0) is 26.7 Å². The Morgan fingerprint density at radius 3 is 2.58 bits per heavy atom. The molecule has 1 aliphatic carbocycles. The monoisotopic (exact) mass is 588 g/mol. The van der Waals surface area contributed by atoms with Crippen LogP contribution in [0.4, 0.5) is 19.0 Å². The number of pyridine rings is 1. The zero-order valence-electron chi connectivity index (χ0n) is 25.0. The molecule has 1 aliphatic rings. The lowest BCUT2D eigenvalue weighted by molar-refractivity contribution is -0.141. The van der Waals surface area contributed by atoms with Crippen molar-refractivity contribution in [3.8, 4) is 22.6 Å². The standard InChI is InChI=1S/C32H35F3N8/c1-6-9-25-23(14-20-17-42(4)41-30(20)37-25)31-38-28(29(43(31)5)19-12-13-19)22-11-8-10-21(18(3)7-2)24(22)16-36-27-15-26(39-40-27)32(33,34)35/h8,10-11,14-17,19H,6-7,9,12-13H2,1-5H3,(H2,36,39,40)/b21-18+,24-16+. The van der Waals surface area contributed by atoms with Crippen LogP contribution in [0.5, 0.6) is 0 Å². The van der Waals surface area contributed by atoms with E-state index in [1.807, 2.05) is 31.4 Å². The van der Waals surface area contributed by atoms with Gasteiger partial charge in [0.2, 0.25) is 0 Å². The molecule has 0 unspecified atom stereocenters. The molecule has 4 heterocycles. The summed E-state index contributed by atoms with van der Waals surface area (Å²) in [6.07, 6.45) is 3.94. The van der Waals surface area contributed by atoms with E-state index in [0.717, 1.165) is 99.2 Å². The van der Waals surface area contributed by atoms with E-state index in [9.17, 15) is 13.2 Å². The maximum absolute atomic E-state index is 13.2. The molecule has 1 fully saturated rings. The molecule has 224 valence electrons. The minimum atomic E-state index is -4.50. The molecule has 0 bridgehead atoms. The summed E-state index contributed by atoms with van der Waals surface area (Å²) in [6, 6.07) is 9.22. The summed E-state index contributed by atoms with van der Waals surface area (Å²) in [5, 5.41) is 16.3. The van der Waals surface area contributed by atoms with Crippen molar-refractivity contribution in [3.05, 3.63) is 64.0 Å². The van der Waals surface area contributed by atoms with Gasteiger partial charge in [-0.15, -0.1) is 0 Å². The maximum Gasteiger partial charge on any atom is 0.432 e. The van der Waals surface area contributed by atoms with Crippen molar-refractivity contribution < 1.29 is 13.2 Å². The molecule has 0 saturated heterocycles. The van der Waals surface area contributed by atoms with Crippen molar-refractivity contribution in [3.63, 3.8) is 0 Å². The first kappa shape index (κ1) is 28.7. The molecular formula is C32H35F3N8. The number of aromatic nitrogens is 7. The predicted octanol–water partition coefficient (Wildman–Crippen LogP) is 6.04. The van der Waals surface area contributed by atoms with Crippen molar-refractivity contribution in [2.45, 2.75) is 65.0 Å². The van der Waals surface area contributed by atoms with Crippen LogP contribution in [-0.4, -0.2) is 34.5 Å². The highest BCUT2D eigenvalue weighted by Gasteiger charge is 2.34. The molecule has 0 aliphatic heterocycles. The molecule has 6 rings (SSSR count). The highest BCUT2D eigenvalue weighted by atomic mass is 19.4. The molecule has 43 heavy (non-hydrogen) atoms. The van der Waals surface area contributed by atoms with Gasteiger partial charge >= 0.3 is 6.18 Å². The van der Waals surface area contributed by atoms with Gasteiger partial charge in [-0.3, -0.25) is 9.78 Å². The van der Waals surface area contributed by atoms with E-state index < -0.39 is 11.9 Å². The highest BCUT2D eigenvalue weighted by Crippen LogP contribution is 2.45. The number of aromatic amines is 1. The predicted molar refractivity (Wildman–Crippen MR) is 162 cm³/mol. The normalized spacial score (nSPS) is 15.0. The molecule has 1 saturated carbocycles. The Morgan fingerprint density at radius 1 is 1.12 bits per heavy atom. The molecule has 0 atom stereocenters. The number of imidazole rings is 1. The number of nitrogens with one attached hydrogen (secondary N) is 2. The number of aryl methyl sites for hydroxylation is 2. The topological polar surface area (TPSA) is 89.2 Å². The average molecular weight is 589 g/mol. The second-order valence-corrected chi connectivity index (χ2v) is 11.3. The summed E-state index contributed by atoms with van der Waals surface area (Å²) in [6.45, 7) is 6.30. The summed E-state index contributed by atoms with van der Waals surface area (Å²) in [4.78, 5) is 10.2. The summed E-state index contributed by atoms with van der Waals surface area (Å²) in [7, 11) is 3.96. The van der Waals surface area contributed by atoms with Gasteiger partial charge < -0.3 is 9.88 Å². The third-order valence-corrected chi connectivity index (χ3v) is 8.12. The number of benzene rings is 1. The third-order valence-electron chi connectivity index (χ3n) is 8.12. The smallest absolute Gasteiger partial charge is 0.345 e. The first-order valence-electron chi connectivity index (χ1n) is 14.7. The fraction of sp³-hybridized carbons (Fsp3) is 0.375. The minimum absolute atomic E-state index is 0.0893. The summed E-state index contributed by atoms with van der Waals surface area (Å²) >= 11 is 0. The van der Waals surface area contributed by atoms with E-state index in [-0.39, 0.29) is 5.82 Å². The largest absolute Gasteiger partial charge is 0.432 e. The second kappa shape index (κ2) is 11.0. The van der Waals surface area contributed by atoms with Crippen molar-refractivity contribution >= 4 is 28.6 Å². The Labute approximate surface area is 247 Å². The lowest BCUT2D eigenvalue weighted by atomic mass is 10.0. The Bertz CT molecular complexity index is 1940. The quantitative estimate of drug-likeness (QED) is 0.231. The van der Waals surface area contributed by atoms with E-state index >= 15 is 0 Å². The molecule has 0 radical (unpaired) electrons. The van der Waals surface area contributed by atoms with Crippen molar-refractivity contribution in [1.29, 1.82) is 0 Å². The Balaban J connectivity index is 1.56. The van der Waals surface area contributed by atoms with Gasteiger partial charge in [-0.1, -0.05) is 44.0 Å². The van der Waals surface area contributed by atoms with Gasteiger partial charge in [0.15, 0.2) is 11.5 Å². The van der Waals surface area contributed by atoms with E-state index in [4.69, 9.17) is 9.97 Å². The minimum Gasteiger partial charge on any atom is -0.345 e.